The summed E-state index contributed by atoms with van der Waals surface area (Å²) in [5.74, 6) is 0.616. The molecule has 0 spiro atoms. The second kappa shape index (κ2) is 7.20. The number of hydrogen-bond donors (Lipinski definition) is 1. The van der Waals surface area contributed by atoms with E-state index in [2.05, 4.69) is 5.32 Å². The zero-order valence-corrected chi connectivity index (χ0v) is 14.6. The predicted octanol–water partition coefficient (Wildman–Crippen LogP) is 2.55. The molecule has 2 aromatic rings. The third kappa shape index (κ3) is 3.57. The number of carbonyl (C=O) groups excluding carboxylic acids is 2. The number of rotatable bonds is 5. The summed E-state index contributed by atoms with van der Waals surface area (Å²) in [7, 11) is 0. The monoisotopic (exact) mass is 350 g/mol. The van der Waals surface area contributed by atoms with Gasteiger partial charge in [0.2, 0.25) is 5.91 Å². The van der Waals surface area contributed by atoms with Crippen molar-refractivity contribution in [3.05, 3.63) is 60.2 Å². The number of fused-ring (bicyclic) bond motifs is 1. The van der Waals surface area contributed by atoms with Crippen LogP contribution in [0.3, 0.4) is 0 Å². The smallest absolute Gasteiger partial charge is 0.262 e. The van der Waals surface area contributed by atoms with Gasteiger partial charge in [-0.25, -0.2) is 0 Å². The Kier molecular flexibility index (Phi) is 4.61. The minimum Gasteiger partial charge on any atom is -0.477 e. The van der Waals surface area contributed by atoms with Crippen molar-refractivity contribution in [1.82, 2.24) is 5.32 Å². The average molecular weight is 350 g/mol. The maximum absolute atomic E-state index is 12.6. The first-order valence-electron chi connectivity index (χ1n) is 9.11. The van der Waals surface area contributed by atoms with Crippen LogP contribution >= 0.6 is 0 Å². The Morgan fingerprint density at radius 1 is 1.04 bits per heavy atom. The van der Waals surface area contributed by atoms with Gasteiger partial charge >= 0.3 is 0 Å². The quantitative estimate of drug-likeness (QED) is 0.902. The van der Waals surface area contributed by atoms with E-state index in [0.717, 1.165) is 24.9 Å². The van der Waals surface area contributed by atoms with Crippen LogP contribution < -0.4 is 15.0 Å². The molecule has 2 amide bonds. The van der Waals surface area contributed by atoms with Crippen molar-refractivity contribution in [3.63, 3.8) is 0 Å². The molecule has 2 aromatic carbocycles. The Balaban J connectivity index is 1.42. The summed E-state index contributed by atoms with van der Waals surface area (Å²) >= 11 is 0. The minimum absolute atomic E-state index is 0.0998. The van der Waals surface area contributed by atoms with Gasteiger partial charge in [-0.3, -0.25) is 9.59 Å². The van der Waals surface area contributed by atoms with Gasteiger partial charge in [0.05, 0.1) is 12.2 Å². The summed E-state index contributed by atoms with van der Waals surface area (Å²) in [5, 5.41) is 2.93. The molecule has 1 aliphatic carbocycles. The molecule has 1 saturated carbocycles. The number of carbonyl (C=O) groups is 2. The lowest BCUT2D eigenvalue weighted by Gasteiger charge is -2.34. The van der Waals surface area contributed by atoms with Gasteiger partial charge in [0.1, 0.15) is 5.75 Å². The predicted molar refractivity (Wildman–Crippen MR) is 99.1 cm³/mol. The summed E-state index contributed by atoms with van der Waals surface area (Å²) in [6.45, 7) is 0.810. The van der Waals surface area contributed by atoms with E-state index in [9.17, 15) is 9.59 Å². The molecule has 1 atom stereocenters. The standard InChI is InChI=1S/C21H22N2O3/c24-20(22-13-12-15-6-2-1-3-7-15)19-14-23(21(25)16-10-11-16)17-8-4-5-9-18(17)26-19/h1-9,16,19H,10-14H2,(H,22,24). The van der Waals surface area contributed by atoms with Crippen LogP contribution in [-0.4, -0.2) is 31.0 Å². The largest absolute Gasteiger partial charge is 0.477 e. The van der Waals surface area contributed by atoms with Gasteiger partial charge in [-0.15, -0.1) is 0 Å². The van der Waals surface area contributed by atoms with Gasteiger partial charge in [0.15, 0.2) is 6.10 Å². The molecule has 0 radical (unpaired) electrons. The zero-order valence-electron chi connectivity index (χ0n) is 14.6. The summed E-state index contributed by atoms with van der Waals surface area (Å²) in [6, 6.07) is 17.4. The van der Waals surface area contributed by atoms with Gasteiger partial charge in [0.25, 0.3) is 5.91 Å². The van der Waals surface area contributed by atoms with E-state index in [0.29, 0.717) is 12.3 Å². The summed E-state index contributed by atoms with van der Waals surface area (Å²) in [4.78, 5) is 26.9. The van der Waals surface area contributed by atoms with E-state index in [-0.39, 0.29) is 24.3 Å². The van der Waals surface area contributed by atoms with Crippen molar-refractivity contribution >= 4 is 17.5 Å². The molecule has 0 saturated heterocycles. The number of hydrogen-bond acceptors (Lipinski definition) is 3. The third-order valence-electron chi connectivity index (χ3n) is 4.81. The lowest BCUT2D eigenvalue weighted by molar-refractivity contribution is -0.128. The number of ether oxygens (including phenoxy) is 1. The molecule has 5 heteroatoms. The number of nitrogens with one attached hydrogen (secondary N) is 1. The number of benzene rings is 2. The van der Waals surface area contributed by atoms with E-state index in [4.69, 9.17) is 4.74 Å². The molecule has 2 aliphatic rings. The molecule has 4 rings (SSSR count). The molecule has 1 heterocycles. The third-order valence-corrected chi connectivity index (χ3v) is 4.81. The minimum atomic E-state index is -0.677. The van der Waals surface area contributed by atoms with Crippen molar-refractivity contribution < 1.29 is 14.3 Å². The fourth-order valence-electron chi connectivity index (χ4n) is 3.22. The maximum atomic E-state index is 12.6. The number of anilines is 1. The normalized spacial score (nSPS) is 18.6. The van der Waals surface area contributed by atoms with Crippen LogP contribution in [0.25, 0.3) is 0 Å². The molecule has 1 aliphatic heterocycles. The van der Waals surface area contributed by atoms with Crippen LogP contribution in [0.15, 0.2) is 54.6 Å². The second-order valence-corrected chi connectivity index (χ2v) is 6.82. The van der Waals surface area contributed by atoms with Crippen molar-refractivity contribution in [1.29, 1.82) is 0 Å². The van der Waals surface area contributed by atoms with Crippen molar-refractivity contribution in [2.75, 3.05) is 18.0 Å². The molecule has 1 fully saturated rings. The topological polar surface area (TPSA) is 58.6 Å². The Bertz CT molecular complexity index is 802. The molecular weight excluding hydrogens is 328 g/mol. The fraction of sp³-hybridized carbons (Fsp3) is 0.333. The summed E-state index contributed by atoms with van der Waals surface area (Å²) in [5.41, 5.74) is 1.94. The Labute approximate surface area is 153 Å². The molecule has 0 aromatic heterocycles. The van der Waals surface area contributed by atoms with Crippen molar-refractivity contribution in [3.8, 4) is 5.75 Å². The number of nitrogens with zero attached hydrogens (tertiary/aromatic N) is 1. The second-order valence-electron chi connectivity index (χ2n) is 6.82. The van der Waals surface area contributed by atoms with E-state index >= 15 is 0 Å². The van der Waals surface area contributed by atoms with E-state index in [1.807, 2.05) is 54.6 Å². The Hall–Kier alpha value is -2.82. The molecular formula is C21H22N2O3. The first-order valence-corrected chi connectivity index (χ1v) is 9.11. The van der Waals surface area contributed by atoms with E-state index in [1.54, 1.807) is 4.90 Å². The summed E-state index contributed by atoms with van der Waals surface area (Å²) in [6.07, 6.45) is 1.96. The van der Waals surface area contributed by atoms with E-state index < -0.39 is 6.10 Å². The highest BCUT2D eigenvalue weighted by Crippen LogP contribution is 2.38. The van der Waals surface area contributed by atoms with Crippen LogP contribution in [-0.2, 0) is 16.0 Å². The van der Waals surface area contributed by atoms with Gasteiger partial charge in [-0.05, 0) is 37.0 Å². The number of amides is 2. The molecule has 0 bridgehead atoms. The van der Waals surface area contributed by atoms with Crippen molar-refractivity contribution in [2.24, 2.45) is 5.92 Å². The van der Waals surface area contributed by atoms with E-state index in [1.165, 1.54) is 5.56 Å². The van der Waals surface area contributed by atoms with Gasteiger partial charge in [0, 0.05) is 12.5 Å². The molecule has 26 heavy (non-hydrogen) atoms. The summed E-state index contributed by atoms with van der Waals surface area (Å²) < 4.78 is 5.87. The highest BCUT2D eigenvalue weighted by Gasteiger charge is 2.39. The fourth-order valence-corrected chi connectivity index (χ4v) is 3.22. The molecule has 134 valence electrons. The van der Waals surface area contributed by atoms with Gasteiger partial charge in [-0.1, -0.05) is 42.5 Å². The van der Waals surface area contributed by atoms with Crippen LogP contribution in [0.5, 0.6) is 5.75 Å². The average Bonchev–Trinajstić information content (AvgIpc) is 3.52. The maximum Gasteiger partial charge on any atom is 0.262 e. The lowest BCUT2D eigenvalue weighted by atomic mass is 10.1. The molecule has 1 unspecified atom stereocenters. The SMILES string of the molecule is O=C(NCCc1ccccc1)C1CN(C(=O)C2CC2)c2ccccc2O1. The molecule has 1 N–H and O–H groups in total. The van der Waals surface area contributed by atoms with Crippen LogP contribution in [0.2, 0.25) is 0 Å². The first-order chi connectivity index (χ1) is 12.7. The van der Waals surface area contributed by atoms with Crippen LogP contribution in [0, 0.1) is 5.92 Å². The Morgan fingerprint density at radius 3 is 2.54 bits per heavy atom. The highest BCUT2D eigenvalue weighted by atomic mass is 16.5. The first kappa shape index (κ1) is 16.6. The number of para-hydroxylation sites is 2. The molecule has 5 nitrogen and oxygen atoms in total. The Morgan fingerprint density at radius 2 is 1.77 bits per heavy atom. The van der Waals surface area contributed by atoms with Crippen LogP contribution in [0.1, 0.15) is 18.4 Å². The van der Waals surface area contributed by atoms with Crippen LogP contribution in [0.4, 0.5) is 5.69 Å². The van der Waals surface area contributed by atoms with Crippen molar-refractivity contribution in [2.45, 2.75) is 25.4 Å². The lowest BCUT2D eigenvalue weighted by Crippen LogP contribution is -2.51. The highest BCUT2D eigenvalue weighted by molar-refractivity contribution is 5.99. The van der Waals surface area contributed by atoms with Gasteiger partial charge < -0.3 is 15.0 Å². The zero-order chi connectivity index (χ0) is 17.9. The van der Waals surface area contributed by atoms with Gasteiger partial charge in [-0.2, -0.15) is 0 Å².